The van der Waals surface area contributed by atoms with Crippen LogP contribution in [0.3, 0.4) is 0 Å². The molecular formula is C21H14FN3O4. The van der Waals surface area contributed by atoms with Gasteiger partial charge in [0, 0.05) is 5.56 Å². The van der Waals surface area contributed by atoms with Gasteiger partial charge in [-0.2, -0.15) is 15.0 Å². The Bertz CT molecular complexity index is 1190. The highest BCUT2D eigenvalue weighted by atomic mass is 19.1. The molecule has 0 unspecified atom stereocenters. The Labute approximate surface area is 164 Å². The zero-order chi connectivity index (χ0) is 21.0. The number of methoxy groups -OCH3 is 1. The van der Waals surface area contributed by atoms with Gasteiger partial charge in [-0.05, 0) is 42.0 Å². The topological polar surface area (TPSA) is 105 Å². The number of benzene rings is 2. The van der Waals surface area contributed by atoms with Crippen LogP contribution in [-0.2, 0) is 0 Å². The minimum absolute atomic E-state index is 0.126. The van der Waals surface area contributed by atoms with Crippen molar-refractivity contribution in [2.45, 2.75) is 0 Å². The number of hydrogen-bond donors (Lipinski definition) is 1. The van der Waals surface area contributed by atoms with Gasteiger partial charge in [-0.15, -0.1) is 0 Å². The Morgan fingerprint density at radius 1 is 1.17 bits per heavy atom. The maximum atomic E-state index is 13.0. The zero-order valence-electron chi connectivity index (χ0n) is 15.2. The van der Waals surface area contributed by atoms with Gasteiger partial charge in [0.1, 0.15) is 23.2 Å². The fourth-order valence-electron chi connectivity index (χ4n) is 2.62. The molecule has 0 saturated carbocycles. The lowest BCUT2D eigenvalue weighted by Gasteiger charge is -2.10. The van der Waals surface area contributed by atoms with E-state index in [1.54, 1.807) is 18.2 Å². The average Bonchev–Trinajstić information content (AvgIpc) is 2.73. The van der Waals surface area contributed by atoms with Crippen LogP contribution in [0.4, 0.5) is 4.39 Å². The van der Waals surface area contributed by atoms with Gasteiger partial charge in [0.2, 0.25) is 0 Å². The molecule has 0 aliphatic rings. The number of carbonyl (C=O) groups is 1. The number of nitriles is 1. The summed E-state index contributed by atoms with van der Waals surface area (Å²) in [5.74, 6) is -1.28. The highest BCUT2D eigenvalue weighted by Gasteiger charge is 2.21. The molecule has 29 heavy (non-hydrogen) atoms. The summed E-state index contributed by atoms with van der Waals surface area (Å²) in [6.45, 7) is 0. The third kappa shape index (κ3) is 4.04. The predicted molar refractivity (Wildman–Crippen MR) is 103 cm³/mol. The summed E-state index contributed by atoms with van der Waals surface area (Å²) in [5.41, 5.74) is -0.878. The van der Waals surface area contributed by atoms with Crippen LogP contribution in [0, 0.1) is 17.1 Å². The van der Waals surface area contributed by atoms with Crippen LogP contribution in [0.25, 0.3) is 17.8 Å². The van der Waals surface area contributed by atoms with Crippen LogP contribution in [-0.4, -0.2) is 28.0 Å². The second kappa shape index (κ2) is 8.19. The van der Waals surface area contributed by atoms with Gasteiger partial charge in [0.05, 0.1) is 12.8 Å². The molecule has 0 radical (unpaired) electrons. The number of rotatable bonds is 5. The van der Waals surface area contributed by atoms with Gasteiger partial charge in [-0.25, -0.2) is 9.18 Å². The molecule has 3 aromatic rings. The molecule has 1 N–H and O–H groups in total. The van der Waals surface area contributed by atoms with E-state index in [1.807, 2.05) is 0 Å². The van der Waals surface area contributed by atoms with E-state index in [1.165, 1.54) is 55.7 Å². The first-order valence-corrected chi connectivity index (χ1v) is 8.33. The molecule has 0 saturated heterocycles. The molecule has 1 heterocycles. The van der Waals surface area contributed by atoms with Crippen molar-refractivity contribution < 1.29 is 19.0 Å². The molecule has 7 nitrogen and oxygen atoms in total. The Kier molecular flexibility index (Phi) is 5.51. The molecule has 0 aliphatic carbocycles. The highest BCUT2D eigenvalue weighted by molar-refractivity contribution is 5.92. The largest absolute Gasteiger partial charge is 0.497 e. The minimum Gasteiger partial charge on any atom is -0.497 e. The molecular weight excluding hydrogens is 377 g/mol. The van der Waals surface area contributed by atoms with E-state index in [-0.39, 0.29) is 16.8 Å². The zero-order valence-corrected chi connectivity index (χ0v) is 15.2. The lowest BCUT2D eigenvalue weighted by atomic mass is 10.1. The molecule has 2 aromatic carbocycles. The van der Waals surface area contributed by atoms with Gasteiger partial charge in [0.15, 0.2) is 5.69 Å². The predicted octanol–water partition coefficient (Wildman–Crippen LogP) is 3.12. The second-order valence-electron chi connectivity index (χ2n) is 5.85. The molecule has 0 atom stereocenters. The lowest BCUT2D eigenvalue weighted by molar-refractivity contribution is 0.0688. The molecule has 3 rings (SSSR count). The first-order chi connectivity index (χ1) is 13.9. The molecule has 0 amide bonds. The van der Waals surface area contributed by atoms with Gasteiger partial charge >= 0.3 is 5.97 Å². The molecule has 0 spiro atoms. The van der Waals surface area contributed by atoms with Crippen molar-refractivity contribution in [2.24, 2.45) is 0 Å². The molecule has 0 bridgehead atoms. The maximum absolute atomic E-state index is 13.0. The molecule has 8 heteroatoms. The van der Waals surface area contributed by atoms with Crippen LogP contribution in [0.15, 0.2) is 53.3 Å². The fraction of sp³-hybridized carbons (Fsp3) is 0.0476. The SMILES string of the molecule is COc1ccc(-n2nc(C(=O)O)c(/C=C\c3ccc(F)cc3)c(C#N)c2=O)cc1. The number of nitrogens with zero attached hydrogens (tertiary/aromatic N) is 3. The van der Waals surface area contributed by atoms with Crippen molar-refractivity contribution in [1.82, 2.24) is 9.78 Å². The Hall–Kier alpha value is -4.25. The van der Waals surface area contributed by atoms with Gasteiger partial charge in [-0.3, -0.25) is 4.79 Å². The van der Waals surface area contributed by atoms with Crippen molar-refractivity contribution >= 4 is 18.1 Å². The minimum atomic E-state index is -1.40. The van der Waals surface area contributed by atoms with E-state index in [0.29, 0.717) is 11.3 Å². The normalized spacial score (nSPS) is 10.7. The Morgan fingerprint density at radius 3 is 2.38 bits per heavy atom. The number of aromatic nitrogens is 2. The number of halogens is 1. The standard InChI is InChI=1S/C21H14FN3O4/c1-29-16-9-7-15(8-10-16)25-20(26)18(12-23)17(19(24-25)21(27)28)11-4-13-2-5-14(22)6-3-13/h2-11H,1H3,(H,27,28)/b11-4-. The van der Waals surface area contributed by atoms with E-state index in [9.17, 15) is 24.3 Å². The molecule has 0 fully saturated rings. The summed E-state index contributed by atoms with van der Waals surface area (Å²) in [4.78, 5) is 24.5. The third-order valence-corrected chi connectivity index (χ3v) is 4.07. The fourth-order valence-corrected chi connectivity index (χ4v) is 2.62. The van der Waals surface area contributed by atoms with Gasteiger partial charge < -0.3 is 9.84 Å². The second-order valence-corrected chi connectivity index (χ2v) is 5.85. The van der Waals surface area contributed by atoms with Crippen molar-refractivity contribution in [2.75, 3.05) is 7.11 Å². The van der Waals surface area contributed by atoms with Crippen molar-refractivity contribution in [1.29, 1.82) is 5.26 Å². The van der Waals surface area contributed by atoms with E-state index < -0.39 is 23.0 Å². The summed E-state index contributed by atoms with van der Waals surface area (Å²) in [6.07, 6.45) is 2.78. The highest BCUT2D eigenvalue weighted by Crippen LogP contribution is 2.17. The average molecular weight is 391 g/mol. The number of carboxylic acid groups (broad SMARTS) is 1. The van der Waals surface area contributed by atoms with E-state index >= 15 is 0 Å². The number of ether oxygens (including phenoxy) is 1. The molecule has 144 valence electrons. The Morgan fingerprint density at radius 2 is 1.83 bits per heavy atom. The van der Waals surface area contributed by atoms with Crippen LogP contribution >= 0.6 is 0 Å². The Balaban J connectivity index is 2.17. The van der Waals surface area contributed by atoms with Crippen LogP contribution in [0.5, 0.6) is 5.75 Å². The van der Waals surface area contributed by atoms with Crippen LogP contribution < -0.4 is 10.3 Å². The number of hydrogen-bond acceptors (Lipinski definition) is 5. The lowest BCUT2D eigenvalue weighted by Crippen LogP contribution is -2.28. The smallest absolute Gasteiger partial charge is 0.357 e. The van der Waals surface area contributed by atoms with Crippen molar-refractivity contribution in [3.05, 3.63) is 87.1 Å². The maximum Gasteiger partial charge on any atom is 0.357 e. The van der Waals surface area contributed by atoms with E-state index in [2.05, 4.69) is 5.10 Å². The van der Waals surface area contributed by atoms with E-state index in [0.717, 1.165) is 4.68 Å². The van der Waals surface area contributed by atoms with E-state index in [4.69, 9.17) is 4.74 Å². The van der Waals surface area contributed by atoms with Crippen LogP contribution in [0.1, 0.15) is 27.2 Å². The summed E-state index contributed by atoms with van der Waals surface area (Å²) in [6, 6.07) is 13.4. The summed E-state index contributed by atoms with van der Waals surface area (Å²) >= 11 is 0. The monoisotopic (exact) mass is 391 g/mol. The first kappa shape index (κ1) is 19.5. The third-order valence-electron chi connectivity index (χ3n) is 4.07. The first-order valence-electron chi connectivity index (χ1n) is 8.33. The molecule has 0 aliphatic heterocycles. The van der Waals surface area contributed by atoms with Gasteiger partial charge in [0.25, 0.3) is 5.56 Å². The van der Waals surface area contributed by atoms with Crippen LogP contribution in [0.2, 0.25) is 0 Å². The molecule has 1 aromatic heterocycles. The summed E-state index contributed by atoms with van der Waals surface area (Å²) < 4.78 is 19.0. The van der Waals surface area contributed by atoms with Gasteiger partial charge in [-0.1, -0.05) is 24.3 Å². The summed E-state index contributed by atoms with van der Waals surface area (Å²) in [7, 11) is 1.48. The quantitative estimate of drug-likeness (QED) is 0.716. The number of aromatic carboxylic acids is 1. The van der Waals surface area contributed by atoms with Crippen molar-refractivity contribution in [3.63, 3.8) is 0 Å². The summed E-state index contributed by atoms with van der Waals surface area (Å²) in [5, 5.41) is 23.0. The van der Waals surface area contributed by atoms with Crippen molar-refractivity contribution in [3.8, 4) is 17.5 Å². The number of carboxylic acids is 1.